The molecule has 7 nitrogen and oxygen atoms in total. The van der Waals surface area contributed by atoms with E-state index in [0.29, 0.717) is 11.3 Å². The average Bonchev–Trinajstić information content (AvgIpc) is 2.81. The van der Waals surface area contributed by atoms with Crippen molar-refractivity contribution in [2.24, 2.45) is 5.14 Å². The van der Waals surface area contributed by atoms with Crippen LogP contribution >= 0.6 is 11.3 Å². The van der Waals surface area contributed by atoms with Gasteiger partial charge in [-0.15, -0.1) is 10.2 Å². The molecule has 1 rings (SSSR count). The molecule has 0 saturated heterocycles. The zero-order chi connectivity index (χ0) is 17.9. The van der Waals surface area contributed by atoms with E-state index < -0.39 is 45.2 Å². The lowest BCUT2D eigenvalue weighted by Crippen LogP contribution is -2.36. The summed E-state index contributed by atoms with van der Waals surface area (Å²) in [6.45, 7) is 0. The van der Waals surface area contributed by atoms with Crippen molar-refractivity contribution < 1.29 is 35.2 Å². The fourth-order valence-electron chi connectivity index (χ4n) is 1.33. The van der Waals surface area contributed by atoms with Crippen LogP contribution in [-0.4, -0.2) is 36.6 Å². The number of primary sulfonamides is 1. The van der Waals surface area contributed by atoms with E-state index in [2.05, 4.69) is 15.5 Å². The molecule has 0 saturated carbocycles. The van der Waals surface area contributed by atoms with E-state index in [-0.39, 0.29) is 18.0 Å². The van der Waals surface area contributed by atoms with Crippen molar-refractivity contribution in [2.45, 2.75) is 42.1 Å². The minimum atomic E-state index is -5.62. The maximum atomic E-state index is 12.6. The van der Waals surface area contributed by atoms with Gasteiger partial charge in [0.2, 0.25) is 15.4 Å². The quantitative estimate of drug-likeness (QED) is 0.424. The number of nitrogens with two attached hydrogens (primary N) is 1. The number of hydrogen-bond donors (Lipinski definition) is 2. The number of carbonyl (C=O) groups excluding carboxylic acids is 1. The Kier molecular flexibility index (Phi) is 5.98. The summed E-state index contributed by atoms with van der Waals surface area (Å²) in [4.78, 5) is 11.4. The van der Waals surface area contributed by atoms with E-state index in [9.17, 15) is 35.2 Å². The van der Waals surface area contributed by atoms with Crippen molar-refractivity contribution in [1.82, 2.24) is 10.2 Å². The van der Waals surface area contributed by atoms with E-state index in [1.54, 1.807) is 0 Å². The first-order valence-electron chi connectivity index (χ1n) is 5.93. The summed E-state index contributed by atoms with van der Waals surface area (Å²) < 4.78 is 82.2. The van der Waals surface area contributed by atoms with Gasteiger partial charge in [-0.1, -0.05) is 11.3 Å². The third-order valence-corrected chi connectivity index (χ3v) is 4.60. The molecule has 132 valence electrons. The van der Waals surface area contributed by atoms with Gasteiger partial charge in [0.25, 0.3) is 10.0 Å². The molecule has 0 bridgehead atoms. The average molecular weight is 382 g/mol. The van der Waals surface area contributed by atoms with Gasteiger partial charge in [-0.3, -0.25) is 4.79 Å². The van der Waals surface area contributed by atoms with Gasteiger partial charge in [0.05, 0.1) is 0 Å². The number of amides is 1. The Bertz CT molecular complexity index is 658. The van der Waals surface area contributed by atoms with E-state index in [0.717, 1.165) is 0 Å². The van der Waals surface area contributed by atoms with Crippen LogP contribution in [0.2, 0.25) is 0 Å². The number of nitrogens with zero attached hydrogens (tertiary/aromatic N) is 2. The number of halogens is 5. The van der Waals surface area contributed by atoms with E-state index in [1.165, 1.54) is 0 Å². The van der Waals surface area contributed by atoms with Gasteiger partial charge in [-0.05, 0) is 12.8 Å². The number of hydrogen-bond acceptors (Lipinski definition) is 6. The maximum absolute atomic E-state index is 12.6. The highest BCUT2D eigenvalue weighted by molar-refractivity contribution is 7.91. The molecule has 0 atom stereocenters. The highest BCUT2D eigenvalue weighted by atomic mass is 32.2. The van der Waals surface area contributed by atoms with Crippen molar-refractivity contribution in [2.75, 3.05) is 5.32 Å². The minimum Gasteiger partial charge on any atom is -0.301 e. The monoisotopic (exact) mass is 382 g/mol. The Morgan fingerprint density at radius 3 is 2.26 bits per heavy atom. The van der Waals surface area contributed by atoms with Gasteiger partial charge in [0, 0.05) is 12.8 Å². The van der Waals surface area contributed by atoms with Gasteiger partial charge < -0.3 is 5.32 Å². The summed E-state index contributed by atoms with van der Waals surface area (Å²) in [5.74, 6) is -5.52. The molecule has 0 aromatic carbocycles. The predicted octanol–water partition coefficient (Wildman–Crippen LogP) is 1.88. The lowest BCUT2D eigenvalue weighted by atomic mass is 10.1. The molecule has 0 radical (unpaired) electrons. The second kappa shape index (κ2) is 7.00. The van der Waals surface area contributed by atoms with Crippen molar-refractivity contribution in [3.05, 3.63) is 0 Å². The molecule has 1 aromatic heterocycles. The van der Waals surface area contributed by atoms with Crippen LogP contribution in [0, 0.1) is 0 Å². The Morgan fingerprint density at radius 2 is 1.78 bits per heavy atom. The molecular weight excluding hydrogens is 371 g/mol. The van der Waals surface area contributed by atoms with Crippen LogP contribution in [0.3, 0.4) is 0 Å². The first-order chi connectivity index (χ1) is 10.3. The Morgan fingerprint density at radius 1 is 1.17 bits per heavy atom. The van der Waals surface area contributed by atoms with Crippen LogP contribution in [0.5, 0.6) is 0 Å². The Balaban J connectivity index is 2.40. The summed E-state index contributed by atoms with van der Waals surface area (Å²) in [7, 11) is -4.07. The van der Waals surface area contributed by atoms with Crippen LogP contribution in [0.15, 0.2) is 4.34 Å². The number of nitrogens with one attached hydrogen (secondary N) is 1. The van der Waals surface area contributed by atoms with Crippen molar-refractivity contribution in [3.8, 4) is 0 Å². The first-order valence-corrected chi connectivity index (χ1v) is 8.30. The van der Waals surface area contributed by atoms with E-state index in [1.807, 2.05) is 0 Å². The molecule has 0 fully saturated rings. The van der Waals surface area contributed by atoms with Crippen molar-refractivity contribution in [1.29, 1.82) is 0 Å². The van der Waals surface area contributed by atoms with Gasteiger partial charge in [-0.2, -0.15) is 22.0 Å². The number of carbonyl (C=O) groups is 1. The molecule has 1 aromatic rings. The molecule has 0 aliphatic rings. The minimum absolute atomic E-state index is 0.181. The van der Waals surface area contributed by atoms with Gasteiger partial charge in [-0.25, -0.2) is 13.6 Å². The zero-order valence-corrected chi connectivity index (χ0v) is 12.9. The molecule has 1 amide bonds. The number of aromatic nitrogens is 2. The first kappa shape index (κ1) is 19.6. The second-order valence-corrected chi connectivity index (χ2v) is 7.09. The second-order valence-electron chi connectivity index (χ2n) is 4.38. The molecule has 3 N–H and O–H groups in total. The fourth-order valence-corrected chi connectivity index (χ4v) is 2.68. The number of alkyl halides is 5. The number of sulfonamides is 1. The topological polar surface area (TPSA) is 115 Å². The molecule has 14 heteroatoms. The van der Waals surface area contributed by atoms with Crippen LogP contribution < -0.4 is 10.5 Å². The highest BCUT2D eigenvalue weighted by Gasteiger charge is 2.56. The van der Waals surface area contributed by atoms with Gasteiger partial charge >= 0.3 is 12.1 Å². The molecule has 1 heterocycles. The zero-order valence-electron chi connectivity index (χ0n) is 11.2. The lowest BCUT2D eigenvalue weighted by Gasteiger charge is -2.19. The van der Waals surface area contributed by atoms with Crippen molar-refractivity contribution >= 4 is 32.4 Å². The molecule has 0 aliphatic carbocycles. The van der Waals surface area contributed by atoms with Crippen LogP contribution in [0.4, 0.5) is 27.1 Å². The molecule has 0 spiro atoms. The van der Waals surface area contributed by atoms with Crippen LogP contribution in [0.25, 0.3) is 0 Å². The smallest absolute Gasteiger partial charge is 0.301 e. The molecule has 0 unspecified atom stereocenters. The molecule has 23 heavy (non-hydrogen) atoms. The summed E-state index contributed by atoms with van der Waals surface area (Å²) in [6.07, 6.45) is -8.10. The number of anilines is 1. The summed E-state index contributed by atoms with van der Waals surface area (Å²) in [6, 6.07) is 0. The summed E-state index contributed by atoms with van der Waals surface area (Å²) >= 11 is 0.479. The normalized spacial score (nSPS) is 13.1. The van der Waals surface area contributed by atoms with Gasteiger partial charge in [0.1, 0.15) is 0 Å². The largest absolute Gasteiger partial charge is 0.453 e. The van der Waals surface area contributed by atoms with Crippen LogP contribution in [0.1, 0.15) is 25.7 Å². The van der Waals surface area contributed by atoms with E-state index in [4.69, 9.17) is 5.14 Å². The Labute approximate surface area is 131 Å². The van der Waals surface area contributed by atoms with E-state index >= 15 is 0 Å². The summed E-state index contributed by atoms with van der Waals surface area (Å²) in [5, 5.41) is 13.3. The molecular formula is C9H11F5N4O3S2. The predicted molar refractivity (Wildman–Crippen MR) is 69.4 cm³/mol. The van der Waals surface area contributed by atoms with Gasteiger partial charge in [0.15, 0.2) is 0 Å². The third-order valence-electron chi connectivity index (χ3n) is 2.46. The Hall–Kier alpha value is -1.41. The summed E-state index contributed by atoms with van der Waals surface area (Å²) in [5.41, 5.74) is 0. The number of unbranched alkanes of at least 4 members (excludes halogenated alkanes) is 1. The maximum Gasteiger partial charge on any atom is 0.453 e. The standard InChI is InChI=1S/C9H11F5N4O3S2/c10-8(11,9(12,13)14)4-2-1-3-5(19)16-6-17-18-7(22-6)23(15,20)21/h1-4H2,(H2,15,20,21)(H,16,17,19). The van der Waals surface area contributed by atoms with Crippen molar-refractivity contribution in [3.63, 3.8) is 0 Å². The third kappa shape index (κ3) is 5.95. The van der Waals surface area contributed by atoms with Crippen LogP contribution in [-0.2, 0) is 14.8 Å². The lowest BCUT2D eigenvalue weighted by molar-refractivity contribution is -0.284. The number of rotatable bonds is 7. The fraction of sp³-hybridized carbons (Fsp3) is 0.667. The SMILES string of the molecule is NS(=O)(=O)c1nnc(NC(=O)CCCCC(F)(F)C(F)(F)F)s1. The molecule has 0 aliphatic heterocycles. The highest BCUT2D eigenvalue weighted by Crippen LogP contribution is 2.39.